The number of aliphatic hydroxyl groups excluding tert-OH is 1. The minimum Gasteiger partial charge on any atom is -0.388 e. The maximum atomic E-state index is 10.5. The molecule has 0 rings (SSSR count). The van der Waals surface area contributed by atoms with Crippen molar-refractivity contribution in [3.63, 3.8) is 0 Å². The Bertz CT molecular complexity index is 415. The summed E-state index contributed by atoms with van der Waals surface area (Å²) in [7, 11) is -4.52. The van der Waals surface area contributed by atoms with E-state index in [9.17, 15) is 9.67 Å². The van der Waals surface area contributed by atoms with Gasteiger partial charge in [0.1, 0.15) is 6.10 Å². The van der Waals surface area contributed by atoms with Gasteiger partial charge in [-0.2, -0.15) is 0 Å². The highest BCUT2D eigenvalue weighted by molar-refractivity contribution is 7.46. The Morgan fingerprint density at radius 3 is 1.28 bits per heavy atom. The van der Waals surface area contributed by atoms with Crippen molar-refractivity contribution in [1.82, 2.24) is 0 Å². The third kappa shape index (κ3) is 28.1. The van der Waals surface area contributed by atoms with Crippen molar-refractivity contribution in [2.45, 2.75) is 141 Å². The fraction of sp³-hybridized carbons (Fsp3) is 1.00. The molecule has 0 amide bonds. The van der Waals surface area contributed by atoms with Crippen LogP contribution in [0.25, 0.3) is 0 Å². The number of rotatable bonds is 26. The van der Waals surface area contributed by atoms with Crippen molar-refractivity contribution in [2.75, 3.05) is 19.8 Å². The first-order valence-corrected chi connectivity index (χ1v) is 14.9. The van der Waals surface area contributed by atoms with Gasteiger partial charge in [-0.3, -0.25) is 4.52 Å². The van der Waals surface area contributed by atoms with Crippen molar-refractivity contribution in [3.8, 4) is 0 Å². The number of aliphatic hydroxyl groups is 1. The molecule has 0 aromatic heterocycles. The van der Waals surface area contributed by atoms with Gasteiger partial charge in [0.25, 0.3) is 0 Å². The van der Waals surface area contributed by atoms with Gasteiger partial charge in [0.2, 0.25) is 0 Å². The average Bonchev–Trinajstić information content (AvgIpc) is 2.75. The number of phosphoric acid groups is 1. The predicted octanol–water partition coefficient (Wildman–Crippen LogP) is 7.30. The molecule has 194 valence electrons. The first-order valence-electron chi connectivity index (χ1n) is 13.4. The summed E-state index contributed by atoms with van der Waals surface area (Å²) in [5.41, 5.74) is 0. The number of hydrogen-bond donors (Lipinski definition) is 3. The Balaban J connectivity index is 3.11. The van der Waals surface area contributed by atoms with Crippen LogP contribution >= 0.6 is 7.82 Å². The van der Waals surface area contributed by atoms with E-state index in [0.717, 1.165) is 12.8 Å². The van der Waals surface area contributed by atoms with Crippen LogP contribution in [-0.2, 0) is 13.8 Å². The molecule has 0 unspecified atom stereocenters. The van der Waals surface area contributed by atoms with Gasteiger partial charge in [-0.25, -0.2) is 4.57 Å². The monoisotopic (exact) mass is 480 g/mol. The second kappa shape index (κ2) is 24.2. The lowest BCUT2D eigenvalue weighted by Gasteiger charge is -2.12. The lowest BCUT2D eigenvalue weighted by atomic mass is 10.0. The van der Waals surface area contributed by atoms with Gasteiger partial charge in [0.15, 0.2) is 0 Å². The van der Waals surface area contributed by atoms with Gasteiger partial charge in [0.05, 0.1) is 13.2 Å². The molecule has 0 aromatic carbocycles. The zero-order chi connectivity index (χ0) is 23.8. The summed E-state index contributed by atoms with van der Waals surface area (Å²) in [4.78, 5) is 17.1. The molecule has 1 atom stereocenters. The van der Waals surface area contributed by atoms with Crippen LogP contribution in [0.15, 0.2) is 0 Å². The van der Waals surface area contributed by atoms with E-state index in [1.807, 2.05) is 0 Å². The summed E-state index contributed by atoms with van der Waals surface area (Å²) in [5, 5.41) is 9.48. The summed E-state index contributed by atoms with van der Waals surface area (Å²) >= 11 is 0. The van der Waals surface area contributed by atoms with Gasteiger partial charge in [0, 0.05) is 6.61 Å². The van der Waals surface area contributed by atoms with Gasteiger partial charge >= 0.3 is 7.82 Å². The minimum atomic E-state index is -4.52. The number of hydrogen-bond acceptors (Lipinski definition) is 4. The van der Waals surface area contributed by atoms with Crippen molar-refractivity contribution < 1.29 is 28.7 Å². The highest BCUT2D eigenvalue weighted by Gasteiger charge is 2.16. The molecule has 0 spiro atoms. The lowest BCUT2D eigenvalue weighted by Crippen LogP contribution is -2.21. The highest BCUT2D eigenvalue weighted by atomic mass is 31.2. The molecule has 0 aliphatic heterocycles. The third-order valence-electron chi connectivity index (χ3n) is 5.89. The standard InChI is InChI=1S/C25H53O6P/c1-2-3-4-5-6-7-8-9-10-11-12-13-14-15-16-17-18-19-20-21-22-30-23-25(26)24-31-32(27,28)29/h25-26H,2-24H2,1H3,(H2,27,28,29)/t25-/m1/s1. The Hall–Kier alpha value is 0.0300. The largest absolute Gasteiger partial charge is 0.469 e. The van der Waals surface area contributed by atoms with E-state index in [1.165, 1.54) is 116 Å². The van der Waals surface area contributed by atoms with Crippen LogP contribution in [-0.4, -0.2) is 40.8 Å². The van der Waals surface area contributed by atoms with E-state index in [1.54, 1.807) is 0 Å². The third-order valence-corrected chi connectivity index (χ3v) is 6.37. The lowest BCUT2D eigenvalue weighted by molar-refractivity contribution is 0.00476. The van der Waals surface area contributed by atoms with Crippen LogP contribution in [0.5, 0.6) is 0 Å². The van der Waals surface area contributed by atoms with E-state index in [0.29, 0.717) is 6.61 Å². The summed E-state index contributed by atoms with van der Waals surface area (Å²) in [5.74, 6) is 0. The maximum Gasteiger partial charge on any atom is 0.469 e. The molecular weight excluding hydrogens is 427 g/mol. The summed E-state index contributed by atoms with van der Waals surface area (Å²) in [6.07, 6.45) is 26.0. The molecule has 0 saturated heterocycles. The van der Waals surface area contributed by atoms with Crippen LogP contribution in [0.2, 0.25) is 0 Å². The Morgan fingerprint density at radius 2 is 0.938 bits per heavy atom. The van der Waals surface area contributed by atoms with Gasteiger partial charge in [-0.1, -0.05) is 129 Å². The molecule has 0 aliphatic carbocycles. The Labute approximate surface area is 198 Å². The average molecular weight is 481 g/mol. The Kier molecular flexibility index (Phi) is 24.2. The minimum absolute atomic E-state index is 0.0408. The van der Waals surface area contributed by atoms with Gasteiger partial charge < -0.3 is 19.6 Å². The molecule has 0 fully saturated rings. The van der Waals surface area contributed by atoms with E-state index in [2.05, 4.69) is 11.4 Å². The number of unbranched alkanes of at least 4 members (excludes halogenated alkanes) is 19. The maximum absolute atomic E-state index is 10.5. The highest BCUT2D eigenvalue weighted by Crippen LogP contribution is 2.35. The van der Waals surface area contributed by atoms with Gasteiger partial charge in [-0.15, -0.1) is 0 Å². The molecule has 0 aromatic rings. The quantitative estimate of drug-likeness (QED) is 0.0888. The number of ether oxygens (including phenoxy) is 1. The van der Waals surface area contributed by atoms with Crippen molar-refractivity contribution in [2.24, 2.45) is 0 Å². The van der Waals surface area contributed by atoms with Crippen LogP contribution < -0.4 is 0 Å². The summed E-state index contributed by atoms with van der Waals surface area (Å²) in [6.45, 7) is 2.47. The second-order valence-electron chi connectivity index (χ2n) is 9.23. The molecule has 0 saturated carbocycles. The van der Waals surface area contributed by atoms with E-state index >= 15 is 0 Å². The zero-order valence-corrected chi connectivity index (χ0v) is 21.7. The van der Waals surface area contributed by atoms with Crippen molar-refractivity contribution in [3.05, 3.63) is 0 Å². The SMILES string of the molecule is CCCCCCCCCCCCCCCCCCCCCCOC[C@@H](O)COP(=O)(O)O. The smallest absolute Gasteiger partial charge is 0.388 e. The summed E-state index contributed by atoms with van der Waals surface area (Å²) < 4.78 is 20.1. The normalized spacial score (nSPS) is 13.0. The first kappa shape index (κ1) is 32.0. The molecule has 0 heterocycles. The number of phosphoric ester groups is 1. The van der Waals surface area contributed by atoms with Crippen LogP contribution in [0.4, 0.5) is 0 Å². The molecule has 6 nitrogen and oxygen atoms in total. The van der Waals surface area contributed by atoms with Crippen LogP contribution in [0, 0.1) is 0 Å². The molecule has 7 heteroatoms. The van der Waals surface area contributed by atoms with E-state index in [4.69, 9.17) is 14.5 Å². The van der Waals surface area contributed by atoms with Crippen LogP contribution in [0.3, 0.4) is 0 Å². The molecule has 0 radical (unpaired) electrons. The zero-order valence-electron chi connectivity index (χ0n) is 20.9. The predicted molar refractivity (Wildman–Crippen MR) is 133 cm³/mol. The second-order valence-corrected chi connectivity index (χ2v) is 10.5. The van der Waals surface area contributed by atoms with E-state index in [-0.39, 0.29) is 6.61 Å². The fourth-order valence-electron chi connectivity index (χ4n) is 3.91. The molecule has 0 aliphatic rings. The Morgan fingerprint density at radius 1 is 0.594 bits per heavy atom. The van der Waals surface area contributed by atoms with Crippen molar-refractivity contribution >= 4 is 7.82 Å². The van der Waals surface area contributed by atoms with E-state index < -0.39 is 20.5 Å². The molecular formula is C25H53O6P. The van der Waals surface area contributed by atoms with Crippen LogP contribution in [0.1, 0.15) is 135 Å². The molecule has 32 heavy (non-hydrogen) atoms. The molecule has 3 N–H and O–H groups in total. The van der Waals surface area contributed by atoms with Crippen molar-refractivity contribution in [1.29, 1.82) is 0 Å². The molecule has 0 bridgehead atoms. The summed E-state index contributed by atoms with van der Waals surface area (Å²) in [6, 6.07) is 0. The van der Waals surface area contributed by atoms with Gasteiger partial charge in [-0.05, 0) is 6.42 Å². The topological polar surface area (TPSA) is 96.2 Å². The fourth-order valence-corrected chi connectivity index (χ4v) is 4.28. The first-order chi connectivity index (χ1) is 15.5.